The number of hydrogen-bond donors (Lipinski definition) is 1. The normalized spacial score (nSPS) is 10.7. The number of fused-ring (bicyclic) bond motifs is 1. The van der Waals surface area contributed by atoms with E-state index in [2.05, 4.69) is 15.0 Å². The molecule has 0 amide bonds. The van der Waals surface area contributed by atoms with Gasteiger partial charge in [-0.05, 0) is 42.8 Å². The average molecular weight is 331 g/mol. The molecule has 6 heteroatoms. The summed E-state index contributed by atoms with van der Waals surface area (Å²) in [5.74, 6) is 1.01. The van der Waals surface area contributed by atoms with Crippen molar-refractivity contribution in [2.24, 2.45) is 0 Å². The number of hydrogen-bond acceptors (Lipinski definition) is 5. The number of aromatic nitrogens is 1. The second-order valence-corrected chi connectivity index (χ2v) is 5.48. The molecule has 0 aliphatic rings. The Kier molecular flexibility index (Phi) is 4.21. The summed E-state index contributed by atoms with van der Waals surface area (Å²) in [5.41, 5.74) is 1.91. The van der Waals surface area contributed by atoms with Crippen molar-refractivity contribution in [1.82, 2.24) is 4.98 Å². The van der Waals surface area contributed by atoms with Gasteiger partial charge < -0.3 is 14.5 Å². The summed E-state index contributed by atoms with van der Waals surface area (Å²) < 4.78 is 10.0. The van der Waals surface area contributed by atoms with Gasteiger partial charge in [-0.3, -0.25) is 0 Å². The lowest BCUT2D eigenvalue weighted by molar-refractivity contribution is 0.0563. The van der Waals surface area contributed by atoms with E-state index in [0.29, 0.717) is 23.1 Å². The number of rotatable bonds is 4. The SMILES string of the molecule is COC(=O)c1ccc(CNc2ccc3c(Cl)ccc(C)c3n2)o1. The van der Waals surface area contributed by atoms with Crippen LogP contribution in [0.2, 0.25) is 5.02 Å². The zero-order valence-electron chi connectivity index (χ0n) is 12.7. The van der Waals surface area contributed by atoms with Crippen molar-refractivity contribution in [3.8, 4) is 0 Å². The summed E-state index contributed by atoms with van der Waals surface area (Å²) in [6.45, 7) is 2.40. The van der Waals surface area contributed by atoms with E-state index in [1.165, 1.54) is 7.11 Å². The van der Waals surface area contributed by atoms with E-state index in [9.17, 15) is 4.79 Å². The number of nitrogens with one attached hydrogen (secondary N) is 1. The van der Waals surface area contributed by atoms with Gasteiger partial charge in [0.05, 0.1) is 19.2 Å². The van der Waals surface area contributed by atoms with E-state index in [1.54, 1.807) is 12.1 Å². The Hall–Kier alpha value is -2.53. The molecule has 3 aromatic rings. The minimum atomic E-state index is -0.495. The lowest BCUT2D eigenvalue weighted by Crippen LogP contribution is -2.01. The number of methoxy groups -OCH3 is 1. The third-order valence-corrected chi connectivity index (χ3v) is 3.83. The molecule has 0 fully saturated rings. The molecule has 0 aliphatic heterocycles. The van der Waals surface area contributed by atoms with Gasteiger partial charge in [0, 0.05) is 10.4 Å². The molecule has 23 heavy (non-hydrogen) atoms. The van der Waals surface area contributed by atoms with Crippen molar-refractivity contribution in [3.05, 3.63) is 58.5 Å². The van der Waals surface area contributed by atoms with Gasteiger partial charge in [0.25, 0.3) is 0 Å². The van der Waals surface area contributed by atoms with Gasteiger partial charge in [-0.2, -0.15) is 0 Å². The minimum Gasteiger partial charge on any atom is -0.463 e. The number of furan rings is 1. The highest BCUT2D eigenvalue weighted by atomic mass is 35.5. The van der Waals surface area contributed by atoms with Gasteiger partial charge in [-0.25, -0.2) is 9.78 Å². The zero-order valence-corrected chi connectivity index (χ0v) is 13.5. The van der Waals surface area contributed by atoms with Crippen LogP contribution in [0.25, 0.3) is 10.9 Å². The molecule has 0 saturated heterocycles. The Morgan fingerprint density at radius 1 is 1.26 bits per heavy atom. The van der Waals surface area contributed by atoms with Crippen molar-refractivity contribution in [1.29, 1.82) is 0 Å². The molecular weight excluding hydrogens is 316 g/mol. The fourth-order valence-electron chi connectivity index (χ4n) is 2.28. The Morgan fingerprint density at radius 3 is 2.87 bits per heavy atom. The molecule has 5 nitrogen and oxygen atoms in total. The highest BCUT2D eigenvalue weighted by Crippen LogP contribution is 2.26. The maximum atomic E-state index is 11.4. The van der Waals surface area contributed by atoms with E-state index in [0.717, 1.165) is 16.5 Å². The van der Waals surface area contributed by atoms with Crippen LogP contribution >= 0.6 is 11.6 Å². The van der Waals surface area contributed by atoms with E-state index in [-0.39, 0.29) is 5.76 Å². The van der Waals surface area contributed by atoms with Gasteiger partial charge in [0.1, 0.15) is 11.6 Å². The molecular formula is C17H15ClN2O3. The standard InChI is InChI=1S/C17H15ClN2O3/c1-10-3-6-13(18)12-5-8-15(20-16(10)12)19-9-11-4-7-14(23-11)17(21)22-2/h3-8H,9H2,1-2H3,(H,19,20). The minimum absolute atomic E-state index is 0.179. The number of anilines is 1. The summed E-state index contributed by atoms with van der Waals surface area (Å²) in [6.07, 6.45) is 0. The number of nitrogens with zero attached hydrogens (tertiary/aromatic N) is 1. The summed E-state index contributed by atoms with van der Waals surface area (Å²) in [4.78, 5) is 15.9. The second kappa shape index (κ2) is 6.30. The monoisotopic (exact) mass is 330 g/mol. The van der Waals surface area contributed by atoms with Crippen LogP contribution in [-0.2, 0) is 11.3 Å². The number of aryl methyl sites for hydroxylation is 1. The summed E-state index contributed by atoms with van der Waals surface area (Å²) in [5, 5.41) is 4.77. The number of carbonyl (C=O) groups is 1. The molecule has 0 saturated carbocycles. The molecule has 0 atom stereocenters. The number of carbonyl (C=O) groups excluding carboxylic acids is 1. The molecule has 0 unspecified atom stereocenters. The molecule has 0 aliphatic carbocycles. The highest BCUT2D eigenvalue weighted by molar-refractivity contribution is 6.35. The fourth-order valence-corrected chi connectivity index (χ4v) is 2.49. The molecule has 1 aromatic carbocycles. The summed E-state index contributed by atoms with van der Waals surface area (Å²) in [7, 11) is 1.31. The second-order valence-electron chi connectivity index (χ2n) is 5.07. The average Bonchev–Trinajstić information content (AvgIpc) is 3.04. The maximum absolute atomic E-state index is 11.4. The number of pyridine rings is 1. The van der Waals surface area contributed by atoms with Gasteiger partial charge in [-0.15, -0.1) is 0 Å². The Labute approximate surface area is 138 Å². The van der Waals surface area contributed by atoms with Crippen molar-refractivity contribution in [2.75, 3.05) is 12.4 Å². The topological polar surface area (TPSA) is 64.4 Å². The van der Waals surface area contributed by atoms with Gasteiger partial charge in [0.2, 0.25) is 5.76 Å². The fraction of sp³-hybridized carbons (Fsp3) is 0.176. The zero-order chi connectivity index (χ0) is 16.4. The first kappa shape index (κ1) is 15.4. The number of halogens is 1. The lowest BCUT2D eigenvalue weighted by Gasteiger charge is -2.08. The van der Waals surface area contributed by atoms with Crippen LogP contribution in [0.3, 0.4) is 0 Å². The highest BCUT2D eigenvalue weighted by Gasteiger charge is 2.11. The largest absolute Gasteiger partial charge is 0.463 e. The molecule has 1 N–H and O–H groups in total. The third kappa shape index (κ3) is 3.14. The van der Waals surface area contributed by atoms with E-state index in [4.69, 9.17) is 16.0 Å². The van der Waals surface area contributed by atoms with Crippen molar-refractivity contribution in [3.63, 3.8) is 0 Å². The first-order valence-electron chi connectivity index (χ1n) is 7.05. The Morgan fingerprint density at radius 2 is 2.09 bits per heavy atom. The maximum Gasteiger partial charge on any atom is 0.373 e. The van der Waals surface area contributed by atoms with E-state index < -0.39 is 5.97 Å². The van der Waals surface area contributed by atoms with Crippen LogP contribution in [0, 0.1) is 6.92 Å². The lowest BCUT2D eigenvalue weighted by atomic mass is 10.1. The number of benzene rings is 1. The smallest absolute Gasteiger partial charge is 0.373 e. The van der Waals surface area contributed by atoms with Crippen LogP contribution < -0.4 is 5.32 Å². The first-order valence-corrected chi connectivity index (χ1v) is 7.43. The number of ether oxygens (including phenoxy) is 1. The third-order valence-electron chi connectivity index (χ3n) is 3.50. The predicted octanol–water partition coefficient (Wildman–Crippen LogP) is 4.19. The molecule has 2 aromatic heterocycles. The molecule has 2 heterocycles. The van der Waals surface area contributed by atoms with Gasteiger partial charge in [-0.1, -0.05) is 17.7 Å². The van der Waals surface area contributed by atoms with Crippen molar-refractivity contribution < 1.29 is 13.9 Å². The molecule has 3 rings (SSSR count). The summed E-state index contributed by atoms with van der Waals surface area (Å²) in [6, 6.07) is 10.9. The van der Waals surface area contributed by atoms with Crippen LogP contribution in [0.1, 0.15) is 21.9 Å². The molecule has 0 spiro atoms. The Balaban J connectivity index is 1.78. The molecule has 118 valence electrons. The van der Waals surface area contributed by atoms with Crippen molar-refractivity contribution in [2.45, 2.75) is 13.5 Å². The molecule has 0 bridgehead atoms. The van der Waals surface area contributed by atoms with E-state index >= 15 is 0 Å². The molecule has 0 radical (unpaired) electrons. The quantitative estimate of drug-likeness (QED) is 0.727. The summed E-state index contributed by atoms with van der Waals surface area (Å²) >= 11 is 6.18. The van der Waals surface area contributed by atoms with Crippen molar-refractivity contribution >= 4 is 34.3 Å². The van der Waals surface area contributed by atoms with Crippen LogP contribution in [-0.4, -0.2) is 18.1 Å². The van der Waals surface area contributed by atoms with Crippen LogP contribution in [0.15, 0.2) is 40.8 Å². The van der Waals surface area contributed by atoms with Crippen LogP contribution in [0.5, 0.6) is 0 Å². The van der Waals surface area contributed by atoms with Crippen LogP contribution in [0.4, 0.5) is 5.82 Å². The van der Waals surface area contributed by atoms with Gasteiger partial charge in [0.15, 0.2) is 0 Å². The Bertz CT molecular complexity index is 873. The first-order chi connectivity index (χ1) is 11.1. The predicted molar refractivity (Wildman–Crippen MR) is 88.9 cm³/mol. The number of esters is 1. The van der Waals surface area contributed by atoms with E-state index in [1.807, 2.05) is 31.2 Å². The van der Waals surface area contributed by atoms with Gasteiger partial charge >= 0.3 is 5.97 Å².